The van der Waals surface area contributed by atoms with E-state index in [0.29, 0.717) is 18.2 Å². The van der Waals surface area contributed by atoms with Gasteiger partial charge in [-0.15, -0.1) is 11.3 Å². The molecule has 0 fully saturated rings. The Morgan fingerprint density at radius 1 is 1.48 bits per heavy atom. The molecule has 0 saturated heterocycles. The first-order chi connectivity index (χ1) is 9.95. The summed E-state index contributed by atoms with van der Waals surface area (Å²) in [5.41, 5.74) is 2.61. The van der Waals surface area contributed by atoms with Crippen molar-refractivity contribution in [3.05, 3.63) is 33.5 Å². The van der Waals surface area contributed by atoms with Gasteiger partial charge < -0.3 is 5.32 Å². The number of amides is 1. The Balaban J connectivity index is 1.89. The third-order valence-electron chi connectivity index (χ3n) is 3.07. The number of aryl methyl sites for hydroxylation is 2. The normalized spacial score (nSPS) is 11.1. The molecule has 21 heavy (non-hydrogen) atoms. The van der Waals surface area contributed by atoms with Gasteiger partial charge in [0, 0.05) is 31.1 Å². The van der Waals surface area contributed by atoms with Crippen molar-refractivity contribution in [3.8, 4) is 0 Å². The third-order valence-corrected chi connectivity index (χ3v) is 4.10. The number of hydrogen-bond acceptors (Lipinski definition) is 4. The van der Waals surface area contributed by atoms with Crippen molar-refractivity contribution in [2.24, 2.45) is 13.0 Å². The summed E-state index contributed by atoms with van der Waals surface area (Å²) in [6, 6.07) is 1.88. The van der Waals surface area contributed by atoms with Crippen molar-refractivity contribution in [2.45, 2.75) is 33.6 Å². The van der Waals surface area contributed by atoms with Crippen LogP contribution >= 0.6 is 11.3 Å². The molecule has 6 heteroatoms. The number of hydrogen-bond donors (Lipinski definition) is 1. The van der Waals surface area contributed by atoms with Crippen LogP contribution in [0.1, 0.15) is 40.7 Å². The van der Waals surface area contributed by atoms with Crippen LogP contribution in [0, 0.1) is 12.8 Å². The van der Waals surface area contributed by atoms with Crippen molar-refractivity contribution >= 4 is 17.2 Å². The van der Waals surface area contributed by atoms with E-state index in [4.69, 9.17) is 0 Å². The molecule has 0 aliphatic carbocycles. The van der Waals surface area contributed by atoms with Gasteiger partial charge in [-0.2, -0.15) is 5.10 Å². The Hall–Kier alpha value is -1.69. The molecule has 2 aromatic heterocycles. The van der Waals surface area contributed by atoms with Crippen molar-refractivity contribution < 1.29 is 4.79 Å². The SMILES string of the molecule is Cc1csc(CCNC(=O)c2cc(CC(C)C)nn2C)n1. The molecular formula is C15H22N4OS. The molecule has 0 aromatic carbocycles. The monoisotopic (exact) mass is 306 g/mol. The summed E-state index contributed by atoms with van der Waals surface area (Å²) in [6.07, 6.45) is 1.65. The van der Waals surface area contributed by atoms with Gasteiger partial charge in [0.05, 0.1) is 10.7 Å². The van der Waals surface area contributed by atoms with Crippen molar-refractivity contribution in [1.29, 1.82) is 0 Å². The van der Waals surface area contributed by atoms with E-state index in [9.17, 15) is 4.79 Å². The van der Waals surface area contributed by atoms with Crippen LogP contribution < -0.4 is 5.32 Å². The minimum Gasteiger partial charge on any atom is -0.350 e. The molecule has 0 spiro atoms. The van der Waals surface area contributed by atoms with Gasteiger partial charge in [-0.3, -0.25) is 9.48 Å². The Morgan fingerprint density at radius 2 is 2.24 bits per heavy atom. The van der Waals surface area contributed by atoms with Crippen molar-refractivity contribution in [1.82, 2.24) is 20.1 Å². The Labute approximate surface area is 129 Å². The average molecular weight is 306 g/mol. The second kappa shape index (κ2) is 6.85. The highest BCUT2D eigenvalue weighted by molar-refractivity contribution is 7.09. The molecule has 0 atom stereocenters. The van der Waals surface area contributed by atoms with Crippen LogP contribution in [0.3, 0.4) is 0 Å². The molecule has 114 valence electrons. The van der Waals surface area contributed by atoms with Crippen LogP contribution in [-0.2, 0) is 19.9 Å². The summed E-state index contributed by atoms with van der Waals surface area (Å²) >= 11 is 1.63. The minimum atomic E-state index is -0.0757. The highest BCUT2D eigenvalue weighted by Gasteiger charge is 2.13. The standard InChI is InChI=1S/C15H22N4OS/c1-10(2)7-12-8-13(19(4)18-12)15(20)16-6-5-14-17-11(3)9-21-14/h8-10H,5-7H2,1-4H3,(H,16,20). The minimum absolute atomic E-state index is 0.0757. The molecule has 5 nitrogen and oxygen atoms in total. The molecule has 2 heterocycles. The second-order valence-electron chi connectivity index (χ2n) is 5.63. The van der Waals surface area contributed by atoms with Gasteiger partial charge in [0.2, 0.25) is 0 Å². The van der Waals surface area contributed by atoms with Crippen LogP contribution in [0.2, 0.25) is 0 Å². The van der Waals surface area contributed by atoms with E-state index in [1.807, 2.05) is 25.4 Å². The van der Waals surface area contributed by atoms with Crippen LogP contribution in [0.5, 0.6) is 0 Å². The van der Waals surface area contributed by atoms with Crippen LogP contribution in [0.15, 0.2) is 11.4 Å². The quantitative estimate of drug-likeness (QED) is 0.891. The lowest BCUT2D eigenvalue weighted by molar-refractivity contribution is 0.0944. The number of carbonyl (C=O) groups excluding carboxylic acids is 1. The lowest BCUT2D eigenvalue weighted by Gasteiger charge is -2.03. The molecule has 1 N–H and O–H groups in total. The van der Waals surface area contributed by atoms with Crippen LogP contribution in [-0.4, -0.2) is 27.2 Å². The van der Waals surface area contributed by atoms with Crippen molar-refractivity contribution in [2.75, 3.05) is 6.54 Å². The predicted molar refractivity (Wildman–Crippen MR) is 84.6 cm³/mol. The lowest BCUT2D eigenvalue weighted by Crippen LogP contribution is -2.27. The van der Waals surface area contributed by atoms with Gasteiger partial charge in [-0.1, -0.05) is 13.8 Å². The van der Waals surface area contributed by atoms with E-state index in [1.54, 1.807) is 16.0 Å². The number of nitrogens with one attached hydrogen (secondary N) is 1. The summed E-state index contributed by atoms with van der Waals surface area (Å²) in [7, 11) is 1.81. The first-order valence-electron chi connectivity index (χ1n) is 7.18. The van der Waals surface area contributed by atoms with E-state index >= 15 is 0 Å². The van der Waals surface area contributed by atoms with Gasteiger partial charge in [0.15, 0.2) is 0 Å². The van der Waals surface area contributed by atoms with Gasteiger partial charge in [-0.05, 0) is 25.3 Å². The zero-order valence-corrected chi connectivity index (χ0v) is 13.8. The molecule has 0 aliphatic heterocycles. The summed E-state index contributed by atoms with van der Waals surface area (Å²) in [6.45, 7) is 6.86. The zero-order chi connectivity index (χ0) is 15.4. The largest absolute Gasteiger partial charge is 0.350 e. The van der Waals surface area contributed by atoms with Crippen molar-refractivity contribution in [3.63, 3.8) is 0 Å². The number of carbonyl (C=O) groups is 1. The molecule has 0 radical (unpaired) electrons. The van der Waals surface area contributed by atoms with E-state index in [0.717, 1.165) is 29.2 Å². The van der Waals surface area contributed by atoms with Gasteiger partial charge in [0.1, 0.15) is 5.69 Å². The molecule has 2 rings (SSSR count). The van der Waals surface area contributed by atoms with Crippen LogP contribution in [0.25, 0.3) is 0 Å². The first-order valence-corrected chi connectivity index (χ1v) is 8.05. The van der Waals surface area contributed by atoms with Gasteiger partial charge in [0.25, 0.3) is 5.91 Å². The van der Waals surface area contributed by atoms with E-state index in [-0.39, 0.29) is 5.91 Å². The maximum absolute atomic E-state index is 12.2. The number of aromatic nitrogens is 3. The molecule has 1 amide bonds. The van der Waals surface area contributed by atoms with E-state index in [1.165, 1.54) is 0 Å². The highest BCUT2D eigenvalue weighted by atomic mass is 32.1. The van der Waals surface area contributed by atoms with Gasteiger partial charge >= 0.3 is 0 Å². The number of nitrogens with zero attached hydrogens (tertiary/aromatic N) is 3. The summed E-state index contributed by atoms with van der Waals surface area (Å²) in [5, 5.41) is 10.4. The molecule has 0 bridgehead atoms. The average Bonchev–Trinajstić information content (AvgIpc) is 2.95. The van der Waals surface area contributed by atoms with Crippen LogP contribution in [0.4, 0.5) is 0 Å². The number of thiazole rings is 1. The predicted octanol–water partition coefficient (Wildman–Crippen LogP) is 2.36. The Morgan fingerprint density at radius 3 is 2.86 bits per heavy atom. The summed E-state index contributed by atoms with van der Waals surface area (Å²) < 4.78 is 1.65. The first kappa shape index (κ1) is 15.7. The zero-order valence-electron chi connectivity index (χ0n) is 13.0. The molecule has 2 aromatic rings. The van der Waals surface area contributed by atoms with Gasteiger partial charge in [-0.25, -0.2) is 4.98 Å². The van der Waals surface area contributed by atoms with E-state index < -0.39 is 0 Å². The molecular weight excluding hydrogens is 284 g/mol. The maximum atomic E-state index is 12.2. The Bertz CT molecular complexity index is 615. The fourth-order valence-corrected chi connectivity index (χ4v) is 2.92. The summed E-state index contributed by atoms with van der Waals surface area (Å²) in [5.74, 6) is 0.456. The van der Waals surface area contributed by atoms with E-state index in [2.05, 4.69) is 29.2 Å². The molecule has 0 aliphatic rings. The highest BCUT2D eigenvalue weighted by Crippen LogP contribution is 2.10. The fourth-order valence-electron chi connectivity index (χ4n) is 2.15. The smallest absolute Gasteiger partial charge is 0.269 e. The summed E-state index contributed by atoms with van der Waals surface area (Å²) in [4.78, 5) is 16.6. The lowest BCUT2D eigenvalue weighted by atomic mass is 10.1. The second-order valence-corrected chi connectivity index (χ2v) is 6.57. The third kappa shape index (κ3) is 4.39. The number of rotatable bonds is 6. The molecule has 0 saturated carbocycles. The molecule has 0 unspecified atom stereocenters. The Kier molecular flexibility index (Phi) is 5.12. The fraction of sp³-hybridized carbons (Fsp3) is 0.533. The maximum Gasteiger partial charge on any atom is 0.269 e. The topological polar surface area (TPSA) is 59.8 Å².